The lowest BCUT2D eigenvalue weighted by Gasteiger charge is -2.23. The highest BCUT2D eigenvalue weighted by atomic mass is 19.1. The third-order valence-corrected chi connectivity index (χ3v) is 3.11. The van der Waals surface area contributed by atoms with E-state index in [9.17, 15) is 9.18 Å². The molecule has 20 heavy (non-hydrogen) atoms. The van der Waals surface area contributed by atoms with Gasteiger partial charge in [-0.25, -0.2) is 23.8 Å². The molecule has 0 bridgehead atoms. The molecule has 0 radical (unpaired) electrons. The van der Waals surface area contributed by atoms with Crippen molar-refractivity contribution in [1.82, 2.24) is 25.1 Å². The maximum atomic E-state index is 12.7. The molecule has 2 aromatic heterocycles. The first-order valence-corrected chi connectivity index (χ1v) is 6.26. The second-order valence-corrected chi connectivity index (χ2v) is 4.55. The highest BCUT2D eigenvalue weighted by Gasteiger charge is 2.21. The molecule has 0 spiro atoms. The predicted octanol–water partition coefficient (Wildman–Crippen LogP) is 0.949. The van der Waals surface area contributed by atoms with E-state index in [2.05, 4.69) is 25.7 Å². The number of carbonyl (C=O) groups excluding carboxylic acids is 1. The maximum absolute atomic E-state index is 12.7. The topological polar surface area (TPSA) is 84.7 Å². The molecule has 1 unspecified atom stereocenters. The van der Waals surface area contributed by atoms with Crippen molar-refractivity contribution in [1.29, 1.82) is 0 Å². The average molecular weight is 276 g/mol. The highest BCUT2D eigenvalue weighted by molar-refractivity contribution is 5.88. The molecule has 0 saturated heterocycles. The monoisotopic (exact) mass is 276 g/mol. The molecular formula is C12H13FN6O. The van der Waals surface area contributed by atoms with E-state index in [-0.39, 0.29) is 12.1 Å². The zero-order valence-electron chi connectivity index (χ0n) is 10.6. The maximum Gasteiger partial charge on any atom is 0.320 e. The van der Waals surface area contributed by atoms with E-state index < -0.39 is 5.82 Å². The summed E-state index contributed by atoms with van der Waals surface area (Å²) >= 11 is 0. The summed E-state index contributed by atoms with van der Waals surface area (Å²) in [5.74, 6) is 0.798. The Bertz CT molecular complexity index is 611. The predicted molar refractivity (Wildman–Crippen MR) is 68.5 cm³/mol. The minimum atomic E-state index is -0.443. The van der Waals surface area contributed by atoms with Gasteiger partial charge in [-0.05, 0) is 18.6 Å². The number of halogens is 1. The smallest absolute Gasteiger partial charge is 0.320 e. The number of aromatic nitrogens is 4. The number of carbonyl (C=O) groups is 1. The third-order valence-electron chi connectivity index (χ3n) is 3.11. The van der Waals surface area contributed by atoms with E-state index >= 15 is 0 Å². The molecule has 1 atom stereocenters. The molecule has 2 aromatic rings. The number of hydrogen-bond donors (Lipinski definition) is 2. The summed E-state index contributed by atoms with van der Waals surface area (Å²) in [4.78, 5) is 19.7. The second kappa shape index (κ2) is 5.24. The molecule has 104 valence electrons. The number of amides is 2. The van der Waals surface area contributed by atoms with Crippen LogP contribution in [0.2, 0.25) is 0 Å². The van der Waals surface area contributed by atoms with Crippen molar-refractivity contribution in [2.24, 2.45) is 0 Å². The second-order valence-electron chi connectivity index (χ2n) is 4.55. The largest absolute Gasteiger partial charge is 0.333 e. The number of hydrogen-bond acceptors (Lipinski definition) is 4. The number of anilines is 1. The minimum absolute atomic E-state index is 0.00958. The standard InChI is InChI=1S/C12H13FN6O/c13-8-1-3-10(14-5-8)18-12(20)17-9-2-4-11-15-7-16-19(11)6-9/h1,3,5,7,9H,2,4,6H2,(H2,14,17,18,20). The van der Waals surface area contributed by atoms with Crippen molar-refractivity contribution in [3.8, 4) is 0 Å². The molecule has 2 amide bonds. The summed E-state index contributed by atoms with van der Waals surface area (Å²) in [6.07, 6.45) is 4.15. The molecule has 0 aromatic carbocycles. The van der Waals surface area contributed by atoms with Crippen molar-refractivity contribution in [3.05, 3.63) is 36.3 Å². The molecule has 0 fully saturated rings. The lowest BCUT2D eigenvalue weighted by Crippen LogP contribution is -2.43. The Morgan fingerprint density at radius 2 is 2.30 bits per heavy atom. The number of nitrogens with zero attached hydrogens (tertiary/aromatic N) is 4. The number of rotatable bonds is 2. The van der Waals surface area contributed by atoms with Gasteiger partial charge in [0.15, 0.2) is 0 Å². The number of nitrogens with one attached hydrogen (secondary N) is 2. The van der Waals surface area contributed by atoms with Crippen LogP contribution in [-0.2, 0) is 13.0 Å². The number of urea groups is 1. The molecule has 1 aliphatic rings. The van der Waals surface area contributed by atoms with Crippen LogP contribution >= 0.6 is 0 Å². The fourth-order valence-electron chi connectivity index (χ4n) is 2.14. The summed E-state index contributed by atoms with van der Waals surface area (Å²) in [5.41, 5.74) is 0. The molecule has 3 rings (SSSR count). The van der Waals surface area contributed by atoms with Gasteiger partial charge in [0.05, 0.1) is 18.8 Å². The van der Waals surface area contributed by atoms with Crippen molar-refractivity contribution < 1.29 is 9.18 Å². The Hall–Kier alpha value is -2.51. The molecule has 2 N–H and O–H groups in total. The van der Waals surface area contributed by atoms with Gasteiger partial charge in [0, 0.05) is 6.42 Å². The van der Waals surface area contributed by atoms with Gasteiger partial charge < -0.3 is 5.32 Å². The van der Waals surface area contributed by atoms with Crippen LogP contribution in [0.5, 0.6) is 0 Å². The van der Waals surface area contributed by atoms with Gasteiger partial charge in [0.1, 0.15) is 23.8 Å². The van der Waals surface area contributed by atoms with Crippen LogP contribution in [-0.4, -0.2) is 31.8 Å². The first-order valence-electron chi connectivity index (χ1n) is 6.26. The molecular weight excluding hydrogens is 263 g/mol. The van der Waals surface area contributed by atoms with Crippen LogP contribution in [0.25, 0.3) is 0 Å². The molecule has 1 aliphatic heterocycles. The minimum Gasteiger partial charge on any atom is -0.333 e. The zero-order valence-corrected chi connectivity index (χ0v) is 10.6. The number of fused-ring (bicyclic) bond motifs is 1. The molecule has 3 heterocycles. The number of pyridine rings is 1. The van der Waals surface area contributed by atoms with Crippen LogP contribution in [0.4, 0.5) is 15.0 Å². The van der Waals surface area contributed by atoms with Crippen molar-refractivity contribution >= 4 is 11.8 Å². The summed E-state index contributed by atoms with van der Waals surface area (Å²) in [6.45, 7) is 0.597. The van der Waals surface area contributed by atoms with Crippen molar-refractivity contribution in [2.75, 3.05) is 5.32 Å². The van der Waals surface area contributed by atoms with Gasteiger partial charge in [-0.15, -0.1) is 0 Å². The summed E-state index contributed by atoms with van der Waals surface area (Å²) in [5, 5.41) is 9.49. The lowest BCUT2D eigenvalue weighted by molar-refractivity contribution is 0.243. The van der Waals surface area contributed by atoms with Crippen LogP contribution in [0.1, 0.15) is 12.2 Å². The Labute approximate surface area is 114 Å². The SMILES string of the molecule is O=C(Nc1ccc(F)cn1)NC1CCc2ncnn2C1. The normalized spacial score (nSPS) is 17.4. The Morgan fingerprint density at radius 1 is 1.40 bits per heavy atom. The Morgan fingerprint density at radius 3 is 3.10 bits per heavy atom. The quantitative estimate of drug-likeness (QED) is 0.855. The van der Waals surface area contributed by atoms with E-state index in [1.54, 1.807) is 4.68 Å². The van der Waals surface area contributed by atoms with Gasteiger partial charge in [-0.1, -0.05) is 0 Å². The molecule has 0 saturated carbocycles. The van der Waals surface area contributed by atoms with E-state index in [0.29, 0.717) is 12.4 Å². The zero-order chi connectivity index (χ0) is 13.9. The van der Waals surface area contributed by atoms with Crippen LogP contribution in [0.15, 0.2) is 24.7 Å². The molecule has 7 nitrogen and oxygen atoms in total. The highest BCUT2D eigenvalue weighted by Crippen LogP contribution is 2.11. The fraction of sp³-hybridized carbons (Fsp3) is 0.333. The van der Waals surface area contributed by atoms with E-state index in [1.807, 2.05) is 0 Å². The van der Waals surface area contributed by atoms with Gasteiger partial charge in [-0.3, -0.25) is 5.32 Å². The van der Waals surface area contributed by atoms with Crippen molar-refractivity contribution in [3.63, 3.8) is 0 Å². The average Bonchev–Trinajstić information content (AvgIpc) is 2.89. The van der Waals surface area contributed by atoms with Gasteiger partial charge >= 0.3 is 6.03 Å². The van der Waals surface area contributed by atoms with Gasteiger partial charge in [-0.2, -0.15) is 5.10 Å². The third kappa shape index (κ3) is 2.73. The van der Waals surface area contributed by atoms with Crippen LogP contribution < -0.4 is 10.6 Å². The van der Waals surface area contributed by atoms with Crippen LogP contribution in [0, 0.1) is 5.82 Å². The fourth-order valence-corrected chi connectivity index (χ4v) is 2.14. The van der Waals surface area contributed by atoms with Crippen LogP contribution in [0.3, 0.4) is 0 Å². The van der Waals surface area contributed by atoms with E-state index in [0.717, 1.165) is 24.9 Å². The van der Waals surface area contributed by atoms with Gasteiger partial charge in [0.25, 0.3) is 0 Å². The van der Waals surface area contributed by atoms with Crippen molar-refractivity contribution in [2.45, 2.75) is 25.4 Å². The first-order chi connectivity index (χ1) is 9.70. The summed E-state index contributed by atoms with van der Waals surface area (Å²) < 4.78 is 14.5. The summed E-state index contributed by atoms with van der Waals surface area (Å²) in [7, 11) is 0. The summed E-state index contributed by atoms with van der Waals surface area (Å²) in [6, 6.07) is 2.28. The first kappa shape index (κ1) is 12.5. The Kier molecular flexibility index (Phi) is 3.28. The Balaban J connectivity index is 1.56. The molecule has 0 aliphatic carbocycles. The van der Waals surface area contributed by atoms with Gasteiger partial charge in [0.2, 0.25) is 0 Å². The van der Waals surface area contributed by atoms with E-state index in [1.165, 1.54) is 18.5 Å². The molecule has 8 heteroatoms. The lowest BCUT2D eigenvalue weighted by atomic mass is 10.1. The number of aryl methyl sites for hydroxylation is 1. The van der Waals surface area contributed by atoms with E-state index in [4.69, 9.17) is 0 Å².